The van der Waals surface area contributed by atoms with Crippen molar-refractivity contribution >= 4 is 38.9 Å². The number of ether oxygens (including phenoxy) is 1. The minimum absolute atomic E-state index is 0.186. The van der Waals surface area contributed by atoms with E-state index in [-0.39, 0.29) is 6.04 Å². The van der Waals surface area contributed by atoms with Gasteiger partial charge in [0.25, 0.3) is 0 Å². The third-order valence-corrected chi connectivity index (χ3v) is 4.08. The van der Waals surface area contributed by atoms with Crippen molar-refractivity contribution in [3.8, 4) is 5.75 Å². The summed E-state index contributed by atoms with van der Waals surface area (Å²) < 4.78 is 6.22. The van der Waals surface area contributed by atoms with Crippen LogP contribution < -0.4 is 15.4 Å². The Hall–Kier alpha value is -1.59. The number of benzene rings is 2. The van der Waals surface area contributed by atoms with Gasteiger partial charge in [0.15, 0.2) is 5.11 Å². The lowest BCUT2D eigenvalue weighted by Gasteiger charge is -2.20. The largest absolute Gasteiger partial charge is 0.497 e. The second-order valence-electron chi connectivity index (χ2n) is 4.84. The lowest BCUT2D eigenvalue weighted by Crippen LogP contribution is -2.32. The fraction of sp³-hybridized carbons (Fsp3) is 0.235. The minimum Gasteiger partial charge on any atom is -0.497 e. The molecule has 2 aromatic rings. The third-order valence-electron chi connectivity index (χ3n) is 3.33. The molecule has 0 aliphatic carbocycles. The first-order valence-electron chi connectivity index (χ1n) is 7.09. The molecule has 0 spiro atoms. The molecule has 0 saturated heterocycles. The summed E-state index contributed by atoms with van der Waals surface area (Å²) in [6.45, 7) is 2.13. The molecule has 2 aromatic carbocycles. The number of methoxy groups -OCH3 is 1. The number of hydrogen-bond donors (Lipinski definition) is 2. The third kappa shape index (κ3) is 4.71. The molecule has 0 fully saturated rings. The van der Waals surface area contributed by atoms with Gasteiger partial charge in [-0.15, -0.1) is 0 Å². The first-order valence-corrected chi connectivity index (χ1v) is 8.29. The molecule has 5 heteroatoms. The second-order valence-corrected chi connectivity index (χ2v) is 6.16. The van der Waals surface area contributed by atoms with Gasteiger partial charge >= 0.3 is 0 Å². The highest BCUT2D eigenvalue weighted by molar-refractivity contribution is 9.10. The topological polar surface area (TPSA) is 33.3 Å². The number of hydrogen-bond acceptors (Lipinski definition) is 2. The average molecular weight is 379 g/mol. The zero-order chi connectivity index (χ0) is 15.9. The van der Waals surface area contributed by atoms with Gasteiger partial charge in [0.2, 0.25) is 0 Å². The van der Waals surface area contributed by atoms with Gasteiger partial charge in [0.1, 0.15) is 5.75 Å². The van der Waals surface area contributed by atoms with Crippen LogP contribution in [0.25, 0.3) is 0 Å². The van der Waals surface area contributed by atoms with Crippen molar-refractivity contribution < 1.29 is 4.74 Å². The van der Waals surface area contributed by atoms with Crippen LogP contribution in [0, 0.1) is 0 Å². The maximum Gasteiger partial charge on any atom is 0.171 e. The molecular weight excluding hydrogens is 360 g/mol. The Kier molecular flexibility index (Phi) is 6.21. The molecule has 3 nitrogen and oxygen atoms in total. The molecule has 2 rings (SSSR count). The van der Waals surface area contributed by atoms with Gasteiger partial charge in [-0.1, -0.05) is 35.0 Å². The quantitative estimate of drug-likeness (QED) is 0.725. The zero-order valence-electron chi connectivity index (χ0n) is 12.6. The van der Waals surface area contributed by atoms with Gasteiger partial charge in [-0.3, -0.25) is 0 Å². The van der Waals surface area contributed by atoms with E-state index in [0.29, 0.717) is 5.11 Å². The normalized spacial score (nSPS) is 11.6. The summed E-state index contributed by atoms with van der Waals surface area (Å²) in [7, 11) is 1.65. The van der Waals surface area contributed by atoms with Crippen molar-refractivity contribution in [3.63, 3.8) is 0 Å². The van der Waals surface area contributed by atoms with Crippen LogP contribution in [0.1, 0.15) is 24.9 Å². The fourth-order valence-corrected chi connectivity index (χ4v) is 2.64. The lowest BCUT2D eigenvalue weighted by molar-refractivity contribution is 0.415. The van der Waals surface area contributed by atoms with E-state index in [1.54, 1.807) is 7.11 Å². The van der Waals surface area contributed by atoms with Gasteiger partial charge < -0.3 is 15.4 Å². The maximum atomic E-state index is 5.40. The Morgan fingerprint density at radius 2 is 1.77 bits per heavy atom. The number of nitrogens with one attached hydrogen (secondary N) is 2. The van der Waals surface area contributed by atoms with Crippen molar-refractivity contribution in [2.45, 2.75) is 19.4 Å². The molecule has 0 aliphatic rings. The standard InChI is InChI=1S/C17H19BrN2OS/c1-3-16(12-4-6-13(18)7-5-12)20-17(22)19-14-8-10-15(21-2)11-9-14/h4-11,16H,3H2,1-2H3,(H2,19,20,22)/t16-/m0/s1. The summed E-state index contributed by atoms with van der Waals surface area (Å²) in [5.41, 5.74) is 2.15. The highest BCUT2D eigenvalue weighted by Gasteiger charge is 2.10. The van der Waals surface area contributed by atoms with Crippen LogP contribution >= 0.6 is 28.1 Å². The molecule has 1 atom stereocenters. The summed E-state index contributed by atoms with van der Waals surface area (Å²) >= 11 is 8.86. The van der Waals surface area contributed by atoms with E-state index >= 15 is 0 Å². The van der Waals surface area contributed by atoms with E-state index in [4.69, 9.17) is 17.0 Å². The van der Waals surface area contributed by atoms with Gasteiger partial charge in [0.05, 0.1) is 13.2 Å². The van der Waals surface area contributed by atoms with Gasteiger partial charge in [0, 0.05) is 10.2 Å². The Bertz CT molecular complexity index is 614. The van der Waals surface area contributed by atoms with Crippen LogP contribution in [0.4, 0.5) is 5.69 Å². The van der Waals surface area contributed by atoms with E-state index in [9.17, 15) is 0 Å². The molecule has 0 radical (unpaired) electrons. The van der Waals surface area contributed by atoms with Crippen molar-refractivity contribution in [2.75, 3.05) is 12.4 Å². The zero-order valence-corrected chi connectivity index (χ0v) is 15.0. The molecule has 0 saturated carbocycles. The Balaban J connectivity index is 1.98. The number of rotatable bonds is 5. The van der Waals surface area contributed by atoms with Crippen molar-refractivity contribution in [1.82, 2.24) is 5.32 Å². The van der Waals surface area contributed by atoms with Crippen LogP contribution in [0.2, 0.25) is 0 Å². The fourth-order valence-electron chi connectivity index (χ4n) is 2.12. The van der Waals surface area contributed by atoms with E-state index in [2.05, 4.69) is 45.6 Å². The van der Waals surface area contributed by atoms with Gasteiger partial charge in [-0.2, -0.15) is 0 Å². The van der Waals surface area contributed by atoms with Crippen molar-refractivity contribution in [2.24, 2.45) is 0 Å². The first kappa shape index (κ1) is 16.8. The molecule has 2 N–H and O–H groups in total. The summed E-state index contributed by atoms with van der Waals surface area (Å²) in [5, 5.41) is 7.16. The van der Waals surface area contributed by atoms with E-state index < -0.39 is 0 Å². The van der Waals surface area contributed by atoms with Crippen molar-refractivity contribution in [3.05, 3.63) is 58.6 Å². The number of halogens is 1. The second kappa shape index (κ2) is 8.15. The molecule has 0 bridgehead atoms. The molecule has 116 valence electrons. The van der Waals surface area contributed by atoms with Crippen LogP contribution in [0.5, 0.6) is 5.75 Å². The van der Waals surface area contributed by atoms with Crippen LogP contribution in [0.3, 0.4) is 0 Å². The summed E-state index contributed by atoms with van der Waals surface area (Å²) in [5.74, 6) is 0.825. The Morgan fingerprint density at radius 1 is 1.14 bits per heavy atom. The average Bonchev–Trinajstić information content (AvgIpc) is 2.54. The molecule has 0 aromatic heterocycles. The first-order chi connectivity index (χ1) is 10.6. The summed E-state index contributed by atoms with van der Waals surface area (Å²) in [4.78, 5) is 0. The predicted molar refractivity (Wildman–Crippen MR) is 99.5 cm³/mol. The van der Waals surface area contributed by atoms with E-state index in [1.807, 2.05) is 36.4 Å². The lowest BCUT2D eigenvalue weighted by atomic mass is 10.1. The van der Waals surface area contributed by atoms with Gasteiger partial charge in [-0.05, 0) is 60.6 Å². The Labute approximate surface area is 145 Å². The summed E-state index contributed by atoms with van der Waals surface area (Å²) in [6, 6.07) is 16.1. The number of anilines is 1. The highest BCUT2D eigenvalue weighted by Crippen LogP contribution is 2.20. The van der Waals surface area contributed by atoms with Gasteiger partial charge in [-0.25, -0.2) is 0 Å². The van der Waals surface area contributed by atoms with Crippen LogP contribution in [0.15, 0.2) is 53.0 Å². The molecular formula is C17H19BrN2OS. The molecule has 0 unspecified atom stereocenters. The van der Waals surface area contributed by atoms with Crippen LogP contribution in [-0.4, -0.2) is 12.2 Å². The molecule has 0 amide bonds. The Morgan fingerprint density at radius 3 is 2.32 bits per heavy atom. The van der Waals surface area contributed by atoms with E-state index in [1.165, 1.54) is 5.56 Å². The minimum atomic E-state index is 0.186. The number of thiocarbonyl (C=S) groups is 1. The maximum absolute atomic E-state index is 5.40. The summed E-state index contributed by atoms with van der Waals surface area (Å²) in [6.07, 6.45) is 0.950. The molecule has 0 aliphatic heterocycles. The van der Waals surface area contributed by atoms with Crippen LogP contribution in [-0.2, 0) is 0 Å². The smallest absolute Gasteiger partial charge is 0.171 e. The monoisotopic (exact) mass is 378 g/mol. The predicted octanol–water partition coefficient (Wildman–Crippen LogP) is 4.90. The highest BCUT2D eigenvalue weighted by atomic mass is 79.9. The molecule has 0 heterocycles. The SMILES string of the molecule is CC[C@H](NC(=S)Nc1ccc(OC)cc1)c1ccc(Br)cc1. The van der Waals surface area contributed by atoms with E-state index in [0.717, 1.165) is 22.3 Å². The molecule has 22 heavy (non-hydrogen) atoms. The van der Waals surface area contributed by atoms with Crippen molar-refractivity contribution in [1.29, 1.82) is 0 Å².